The fourth-order valence-corrected chi connectivity index (χ4v) is 3.75. The zero-order chi connectivity index (χ0) is 23.1. The molecule has 3 N–H and O–H groups in total. The van der Waals surface area contributed by atoms with Crippen molar-refractivity contribution in [2.45, 2.75) is 11.8 Å². The van der Waals surface area contributed by atoms with Crippen LogP contribution in [0.15, 0.2) is 64.0 Å². The molecule has 32 heavy (non-hydrogen) atoms. The first kappa shape index (κ1) is 23.0. The third kappa shape index (κ3) is 6.18. The molecule has 1 amide bonds. The lowest BCUT2D eigenvalue weighted by atomic mass is 10.3. The number of benzene rings is 2. The summed E-state index contributed by atoms with van der Waals surface area (Å²) in [6.45, 7) is 1.38. The molecule has 168 valence electrons. The van der Waals surface area contributed by atoms with Crippen LogP contribution in [0.25, 0.3) is 0 Å². The van der Waals surface area contributed by atoms with Gasteiger partial charge in [-0.3, -0.25) is 14.8 Å². The highest BCUT2D eigenvalue weighted by Crippen LogP contribution is 2.25. The summed E-state index contributed by atoms with van der Waals surface area (Å²) in [5.74, 6) is 1.02. The number of methoxy groups -OCH3 is 1. The maximum atomic E-state index is 12.4. The Bertz CT molecular complexity index is 1210. The zero-order valence-corrected chi connectivity index (χ0v) is 18.7. The van der Waals surface area contributed by atoms with Gasteiger partial charge in [-0.2, -0.15) is 0 Å². The Hall–Kier alpha value is -3.64. The maximum Gasteiger partial charge on any atom is 0.264 e. The van der Waals surface area contributed by atoms with Crippen molar-refractivity contribution in [3.8, 4) is 11.5 Å². The molecule has 12 heteroatoms. The first-order chi connectivity index (χ1) is 15.3. The summed E-state index contributed by atoms with van der Waals surface area (Å²) in [6, 6.07) is 14.2. The van der Waals surface area contributed by atoms with Crippen LogP contribution in [0, 0.1) is 6.92 Å². The van der Waals surface area contributed by atoms with Crippen LogP contribution in [0.5, 0.6) is 11.5 Å². The number of carbonyl (C=O) groups excluding carboxylic acids is 1. The fourth-order valence-electron chi connectivity index (χ4n) is 2.53. The van der Waals surface area contributed by atoms with Gasteiger partial charge in [0.25, 0.3) is 15.9 Å². The Balaban J connectivity index is 1.52. The van der Waals surface area contributed by atoms with Crippen LogP contribution in [0.1, 0.15) is 5.76 Å². The molecule has 3 rings (SSSR count). The first-order valence-corrected chi connectivity index (χ1v) is 11.1. The number of nitrogens with zero attached hydrogens (tertiary/aromatic N) is 1. The van der Waals surface area contributed by atoms with E-state index >= 15 is 0 Å². The quantitative estimate of drug-likeness (QED) is 0.420. The summed E-state index contributed by atoms with van der Waals surface area (Å²) >= 11 is 5.11. The monoisotopic (exact) mass is 476 g/mol. The number of thiocarbonyl (C=S) groups is 1. The average Bonchev–Trinajstić information content (AvgIpc) is 3.16. The van der Waals surface area contributed by atoms with Gasteiger partial charge in [0.15, 0.2) is 29.0 Å². The van der Waals surface area contributed by atoms with Crippen molar-refractivity contribution >= 4 is 44.8 Å². The molecule has 0 atom stereocenters. The minimum atomic E-state index is -3.83. The molecule has 10 nitrogen and oxygen atoms in total. The third-order valence-corrected chi connectivity index (χ3v) is 5.54. The maximum absolute atomic E-state index is 12.4. The van der Waals surface area contributed by atoms with Crippen LogP contribution in [0.4, 0.5) is 11.5 Å². The van der Waals surface area contributed by atoms with Gasteiger partial charge in [0.2, 0.25) is 0 Å². The predicted octanol–water partition coefficient (Wildman–Crippen LogP) is 2.68. The van der Waals surface area contributed by atoms with E-state index in [9.17, 15) is 13.2 Å². The minimum Gasteiger partial charge on any atom is -0.493 e. The van der Waals surface area contributed by atoms with Gasteiger partial charge in [0.05, 0.1) is 12.0 Å². The largest absolute Gasteiger partial charge is 0.493 e. The summed E-state index contributed by atoms with van der Waals surface area (Å²) in [5.41, 5.74) is 0.483. The number of carbonyl (C=O) groups is 1. The zero-order valence-electron chi connectivity index (χ0n) is 17.1. The van der Waals surface area contributed by atoms with Crippen LogP contribution >= 0.6 is 12.2 Å². The van der Waals surface area contributed by atoms with E-state index in [1.165, 1.54) is 37.4 Å². The van der Waals surface area contributed by atoms with E-state index in [1.54, 1.807) is 31.2 Å². The highest BCUT2D eigenvalue weighted by Gasteiger charge is 2.16. The van der Waals surface area contributed by atoms with Crippen molar-refractivity contribution in [1.29, 1.82) is 0 Å². The van der Waals surface area contributed by atoms with Gasteiger partial charge >= 0.3 is 0 Å². The molecule has 0 spiro atoms. The van der Waals surface area contributed by atoms with E-state index in [4.69, 9.17) is 26.2 Å². The number of para-hydroxylation sites is 2. The van der Waals surface area contributed by atoms with Crippen LogP contribution < -0.4 is 24.8 Å². The Labute approximate surface area is 189 Å². The molecule has 0 unspecified atom stereocenters. The molecular formula is C20H20N4O6S2. The number of anilines is 2. The highest BCUT2D eigenvalue weighted by atomic mass is 32.2. The van der Waals surface area contributed by atoms with Crippen LogP contribution in [-0.2, 0) is 14.8 Å². The average molecular weight is 477 g/mol. The van der Waals surface area contributed by atoms with Crippen molar-refractivity contribution in [3.63, 3.8) is 0 Å². The number of hydrogen-bond acceptors (Lipinski definition) is 8. The van der Waals surface area contributed by atoms with Crippen molar-refractivity contribution in [2.75, 3.05) is 23.8 Å². The Morgan fingerprint density at radius 2 is 1.81 bits per heavy atom. The topological polar surface area (TPSA) is 132 Å². The van der Waals surface area contributed by atoms with Crippen molar-refractivity contribution < 1.29 is 27.2 Å². The number of nitrogens with one attached hydrogen (secondary N) is 3. The van der Waals surface area contributed by atoms with E-state index in [2.05, 4.69) is 20.5 Å². The van der Waals surface area contributed by atoms with Crippen LogP contribution in [0.2, 0.25) is 0 Å². The SMILES string of the molecule is COc1ccccc1OCC(=O)NC(=S)Nc1ccc(S(=O)(=O)Nc2cc(C)on2)cc1. The number of rotatable bonds is 8. The number of aryl methyl sites for hydroxylation is 1. The molecule has 0 saturated heterocycles. The van der Waals surface area contributed by atoms with E-state index in [0.717, 1.165) is 0 Å². The lowest BCUT2D eigenvalue weighted by Gasteiger charge is -2.12. The van der Waals surface area contributed by atoms with Crippen molar-refractivity contribution in [2.24, 2.45) is 0 Å². The summed E-state index contributed by atoms with van der Waals surface area (Å²) < 4.78 is 42.6. The van der Waals surface area contributed by atoms with Gasteiger partial charge in [0, 0.05) is 11.8 Å². The molecule has 0 saturated carbocycles. The van der Waals surface area contributed by atoms with Crippen LogP contribution in [-0.4, -0.2) is 38.3 Å². The highest BCUT2D eigenvalue weighted by molar-refractivity contribution is 7.92. The second-order valence-electron chi connectivity index (χ2n) is 6.39. The number of hydrogen-bond donors (Lipinski definition) is 3. The van der Waals surface area contributed by atoms with E-state index < -0.39 is 15.9 Å². The summed E-state index contributed by atoms with van der Waals surface area (Å²) in [4.78, 5) is 12.1. The van der Waals surface area contributed by atoms with E-state index in [1.807, 2.05) is 0 Å². The number of aromatic nitrogens is 1. The smallest absolute Gasteiger partial charge is 0.264 e. The molecule has 0 aliphatic carbocycles. The van der Waals surface area contributed by atoms with Gasteiger partial charge in [-0.25, -0.2) is 8.42 Å². The third-order valence-electron chi connectivity index (χ3n) is 3.97. The summed E-state index contributed by atoms with van der Waals surface area (Å²) in [6.07, 6.45) is 0. The van der Waals surface area contributed by atoms with E-state index in [-0.39, 0.29) is 22.4 Å². The standard InChI is InChI=1S/C20H20N4O6S2/c1-13-11-18(23-30-13)24-32(26,27)15-9-7-14(8-10-15)21-20(31)22-19(25)12-29-17-6-4-3-5-16(17)28-2/h3-11H,12H2,1-2H3,(H,23,24)(H2,21,22,25,31). The number of ether oxygens (including phenoxy) is 2. The molecule has 0 aliphatic heterocycles. The fraction of sp³-hybridized carbons (Fsp3) is 0.150. The predicted molar refractivity (Wildman–Crippen MR) is 121 cm³/mol. The molecule has 0 bridgehead atoms. The molecule has 2 aromatic carbocycles. The second kappa shape index (κ2) is 10.1. The van der Waals surface area contributed by atoms with E-state index in [0.29, 0.717) is 22.9 Å². The van der Waals surface area contributed by atoms with Gasteiger partial charge < -0.3 is 19.3 Å². The lowest BCUT2D eigenvalue weighted by Crippen LogP contribution is -2.37. The Morgan fingerprint density at radius 3 is 2.44 bits per heavy atom. The molecule has 0 fully saturated rings. The summed E-state index contributed by atoms with van der Waals surface area (Å²) in [5, 5.41) is 8.92. The van der Waals surface area contributed by atoms with Gasteiger partial charge in [0.1, 0.15) is 5.76 Å². The minimum absolute atomic E-state index is 0.0175. The number of amides is 1. The Kier molecular flexibility index (Phi) is 7.28. The molecule has 1 aromatic heterocycles. The van der Waals surface area contributed by atoms with Crippen molar-refractivity contribution in [1.82, 2.24) is 10.5 Å². The van der Waals surface area contributed by atoms with Gasteiger partial charge in [-0.15, -0.1) is 0 Å². The molecule has 1 heterocycles. The molecule has 0 radical (unpaired) electrons. The van der Waals surface area contributed by atoms with Crippen LogP contribution in [0.3, 0.4) is 0 Å². The van der Waals surface area contributed by atoms with Gasteiger partial charge in [-0.05, 0) is 55.5 Å². The van der Waals surface area contributed by atoms with Gasteiger partial charge in [-0.1, -0.05) is 17.3 Å². The first-order valence-electron chi connectivity index (χ1n) is 9.19. The Morgan fingerprint density at radius 1 is 1.12 bits per heavy atom. The lowest BCUT2D eigenvalue weighted by molar-refractivity contribution is -0.121. The molecular weight excluding hydrogens is 456 g/mol. The number of sulfonamides is 1. The molecule has 3 aromatic rings. The second-order valence-corrected chi connectivity index (χ2v) is 8.49. The summed E-state index contributed by atoms with van der Waals surface area (Å²) in [7, 11) is -2.33. The van der Waals surface area contributed by atoms with Crippen molar-refractivity contribution in [3.05, 3.63) is 60.4 Å². The normalized spacial score (nSPS) is 10.8. The molecule has 0 aliphatic rings.